The van der Waals surface area contributed by atoms with E-state index >= 15 is 0 Å². The Kier molecular flexibility index (Phi) is 4.47. The molecule has 0 saturated carbocycles. The van der Waals surface area contributed by atoms with Crippen LogP contribution in [0.1, 0.15) is 6.92 Å². The molecule has 0 spiro atoms. The number of rotatable bonds is 6. The van der Waals surface area contributed by atoms with E-state index < -0.39 is 22.7 Å². The zero-order valence-corrected chi connectivity index (χ0v) is 9.94. The van der Waals surface area contributed by atoms with Gasteiger partial charge < -0.3 is 9.84 Å². The maximum absolute atomic E-state index is 11.5. The highest BCUT2D eigenvalue weighted by Gasteiger charge is 2.16. The summed E-state index contributed by atoms with van der Waals surface area (Å²) < 4.78 is 32.4. The summed E-state index contributed by atoms with van der Waals surface area (Å²) in [6, 6.07) is 5.53. The van der Waals surface area contributed by atoms with Gasteiger partial charge in [-0.3, -0.25) is 4.18 Å². The number of carboxylic acid groups (broad SMARTS) is 1. The van der Waals surface area contributed by atoms with Gasteiger partial charge in [0.2, 0.25) is 0 Å². The third-order valence-corrected chi connectivity index (χ3v) is 3.04. The molecule has 1 aromatic carbocycles. The third kappa shape index (κ3) is 4.04. The molecule has 7 heteroatoms. The third-order valence-electron chi connectivity index (χ3n) is 1.76. The van der Waals surface area contributed by atoms with Crippen molar-refractivity contribution in [2.24, 2.45) is 0 Å². The number of carbonyl (C=O) groups is 1. The lowest BCUT2D eigenvalue weighted by Crippen LogP contribution is -2.13. The van der Waals surface area contributed by atoms with Crippen LogP contribution in [0.4, 0.5) is 0 Å². The van der Waals surface area contributed by atoms with Crippen LogP contribution in [-0.2, 0) is 19.1 Å². The largest absolute Gasteiger partial charge is 0.494 e. The van der Waals surface area contributed by atoms with Crippen molar-refractivity contribution in [1.82, 2.24) is 0 Å². The molecule has 0 fully saturated rings. The molecule has 0 radical (unpaired) electrons. The maximum atomic E-state index is 11.5. The van der Waals surface area contributed by atoms with Gasteiger partial charge in [0.25, 0.3) is 10.1 Å². The monoisotopic (exact) mass is 260 g/mol. The van der Waals surface area contributed by atoms with Gasteiger partial charge >= 0.3 is 5.97 Å². The molecule has 1 rings (SSSR count). The average molecular weight is 260 g/mol. The average Bonchev–Trinajstić information content (AvgIpc) is 2.28. The Hall–Kier alpha value is -1.60. The van der Waals surface area contributed by atoms with Gasteiger partial charge in [0.15, 0.2) is 6.61 Å². The Morgan fingerprint density at radius 2 is 1.88 bits per heavy atom. The summed E-state index contributed by atoms with van der Waals surface area (Å²) in [6.45, 7) is 1.39. The molecule has 0 aliphatic rings. The summed E-state index contributed by atoms with van der Waals surface area (Å²) in [6.07, 6.45) is 0. The molecule has 0 atom stereocenters. The molecule has 17 heavy (non-hydrogen) atoms. The molecule has 6 nitrogen and oxygen atoms in total. The van der Waals surface area contributed by atoms with Crippen molar-refractivity contribution >= 4 is 16.1 Å². The van der Waals surface area contributed by atoms with E-state index in [1.807, 2.05) is 0 Å². The highest BCUT2D eigenvalue weighted by atomic mass is 32.2. The molecule has 0 aliphatic carbocycles. The minimum Gasteiger partial charge on any atom is -0.494 e. The van der Waals surface area contributed by atoms with Crippen LogP contribution in [0.5, 0.6) is 5.75 Å². The number of benzene rings is 1. The number of carboxylic acids is 1. The van der Waals surface area contributed by atoms with E-state index in [-0.39, 0.29) is 4.90 Å². The minimum atomic E-state index is -4.02. The van der Waals surface area contributed by atoms with Crippen LogP contribution in [0.15, 0.2) is 29.2 Å². The standard InChI is InChI=1S/C10H12O6S/c1-2-15-8-3-5-9(6-4-8)17(13,14)16-7-10(11)12/h3-6H,2,7H2,1H3,(H,11,12). The van der Waals surface area contributed by atoms with Crippen molar-refractivity contribution in [2.45, 2.75) is 11.8 Å². The minimum absolute atomic E-state index is 0.109. The topological polar surface area (TPSA) is 89.9 Å². The summed E-state index contributed by atoms with van der Waals surface area (Å²) in [5.41, 5.74) is 0. The summed E-state index contributed by atoms with van der Waals surface area (Å²) in [5.74, 6) is -0.816. The number of hydrogen-bond donors (Lipinski definition) is 1. The SMILES string of the molecule is CCOc1ccc(S(=O)(=O)OCC(=O)O)cc1. The molecule has 0 saturated heterocycles. The van der Waals surface area contributed by atoms with Crippen LogP contribution in [0, 0.1) is 0 Å². The Morgan fingerprint density at radius 1 is 1.29 bits per heavy atom. The Morgan fingerprint density at radius 3 is 2.35 bits per heavy atom. The van der Waals surface area contributed by atoms with Crippen LogP contribution in [0.25, 0.3) is 0 Å². The predicted octanol–water partition coefficient (Wildman–Crippen LogP) is 0.875. The highest BCUT2D eigenvalue weighted by molar-refractivity contribution is 7.86. The van der Waals surface area contributed by atoms with E-state index in [0.29, 0.717) is 12.4 Å². The van der Waals surface area contributed by atoms with Gasteiger partial charge in [-0.1, -0.05) is 0 Å². The molecule has 0 heterocycles. The number of ether oxygens (including phenoxy) is 1. The zero-order chi connectivity index (χ0) is 12.9. The second kappa shape index (κ2) is 5.65. The predicted molar refractivity (Wildman–Crippen MR) is 58.4 cm³/mol. The quantitative estimate of drug-likeness (QED) is 0.763. The molecule has 0 aliphatic heterocycles. The van der Waals surface area contributed by atoms with Crippen LogP contribution in [-0.4, -0.2) is 32.7 Å². The first-order valence-corrected chi connectivity index (χ1v) is 6.20. The molecule has 0 unspecified atom stereocenters. The smallest absolute Gasteiger partial charge is 0.331 e. The van der Waals surface area contributed by atoms with E-state index in [4.69, 9.17) is 9.84 Å². The van der Waals surface area contributed by atoms with E-state index in [0.717, 1.165) is 0 Å². The summed E-state index contributed by atoms with van der Waals surface area (Å²) >= 11 is 0. The summed E-state index contributed by atoms with van der Waals surface area (Å²) in [5, 5.41) is 8.33. The van der Waals surface area contributed by atoms with E-state index in [2.05, 4.69) is 4.18 Å². The first-order chi connectivity index (χ1) is 7.95. The first-order valence-electron chi connectivity index (χ1n) is 4.80. The van der Waals surface area contributed by atoms with Gasteiger partial charge in [0, 0.05) is 0 Å². The molecular weight excluding hydrogens is 248 g/mol. The summed E-state index contributed by atoms with van der Waals surface area (Å²) in [7, 11) is -4.02. The van der Waals surface area contributed by atoms with Crippen molar-refractivity contribution in [1.29, 1.82) is 0 Å². The molecule has 0 aromatic heterocycles. The number of aliphatic carboxylic acids is 1. The van der Waals surface area contributed by atoms with E-state index in [1.165, 1.54) is 24.3 Å². The van der Waals surface area contributed by atoms with Crippen LogP contribution < -0.4 is 4.74 Å². The fourth-order valence-corrected chi connectivity index (χ4v) is 1.93. The molecule has 1 N–H and O–H groups in total. The van der Waals surface area contributed by atoms with Gasteiger partial charge in [0.05, 0.1) is 11.5 Å². The Bertz CT molecular complexity index is 476. The lowest BCUT2D eigenvalue weighted by molar-refractivity contribution is -0.139. The molecule has 0 amide bonds. The summed E-state index contributed by atoms with van der Waals surface area (Å²) in [4.78, 5) is 10.1. The fourth-order valence-electron chi connectivity index (χ4n) is 1.07. The van der Waals surface area contributed by atoms with Crippen molar-refractivity contribution in [3.63, 3.8) is 0 Å². The lowest BCUT2D eigenvalue weighted by atomic mass is 10.3. The van der Waals surface area contributed by atoms with Gasteiger partial charge in [-0.2, -0.15) is 8.42 Å². The molecule has 0 bridgehead atoms. The van der Waals surface area contributed by atoms with Gasteiger partial charge in [-0.15, -0.1) is 0 Å². The normalized spacial score (nSPS) is 11.1. The van der Waals surface area contributed by atoms with Gasteiger partial charge in [-0.25, -0.2) is 4.79 Å². The van der Waals surface area contributed by atoms with Gasteiger partial charge in [0.1, 0.15) is 5.75 Å². The zero-order valence-electron chi connectivity index (χ0n) is 9.12. The Balaban J connectivity index is 2.81. The highest BCUT2D eigenvalue weighted by Crippen LogP contribution is 2.17. The molecular formula is C10H12O6S. The van der Waals surface area contributed by atoms with Crippen molar-refractivity contribution < 1.29 is 27.2 Å². The second-order valence-electron chi connectivity index (χ2n) is 3.01. The molecule has 1 aromatic rings. The van der Waals surface area contributed by atoms with E-state index in [1.54, 1.807) is 6.92 Å². The second-order valence-corrected chi connectivity index (χ2v) is 4.63. The van der Waals surface area contributed by atoms with Gasteiger partial charge in [-0.05, 0) is 31.2 Å². The van der Waals surface area contributed by atoms with Crippen LogP contribution >= 0.6 is 0 Å². The van der Waals surface area contributed by atoms with Crippen molar-refractivity contribution in [3.05, 3.63) is 24.3 Å². The maximum Gasteiger partial charge on any atom is 0.331 e. The van der Waals surface area contributed by atoms with Crippen molar-refractivity contribution in [3.8, 4) is 5.75 Å². The van der Waals surface area contributed by atoms with Crippen molar-refractivity contribution in [2.75, 3.05) is 13.2 Å². The lowest BCUT2D eigenvalue weighted by Gasteiger charge is -2.05. The Labute approximate surface area is 98.9 Å². The number of hydrogen-bond acceptors (Lipinski definition) is 5. The fraction of sp³-hybridized carbons (Fsp3) is 0.300. The van der Waals surface area contributed by atoms with Crippen LogP contribution in [0.3, 0.4) is 0 Å². The first kappa shape index (κ1) is 13.5. The van der Waals surface area contributed by atoms with Crippen LogP contribution in [0.2, 0.25) is 0 Å². The van der Waals surface area contributed by atoms with E-state index in [9.17, 15) is 13.2 Å². The molecule has 94 valence electrons.